The predicted molar refractivity (Wildman–Crippen MR) is 60.2 cm³/mol. The lowest BCUT2D eigenvalue weighted by molar-refractivity contribution is 0.100. The molecule has 1 aliphatic carbocycles. The number of benzene rings is 1. The van der Waals surface area contributed by atoms with Crippen molar-refractivity contribution in [2.24, 2.45) is 5.73 Å². The van der Waals surface area contributed by atoms with Gasteiger partial charge in [0.25, 0.3) is 0 Å². The molecule has 3 rings (SSSR count). The lowest BCUT2D eigenvalue weighted by Crippen LogP contribution is -2.10. The van der Waals surface area contributed by atoms with Crippen LogP contribution in [0.25, 0.3) is 11.4 Å². The van der Waals surface area contributed by atoms with E-state index in [4.69, 9.17) is 10.3 Å². The van der Waals surface area contributed by atoms with Crippen LogP contribution in [-0.2, 0) is 0 Å². The van der Waals surface area contributed by atoms with E-state index in [0.717, 1.165) is 18.4 Å². The topological polar surface area (TPSA) is 82.0 Å². The summed E-state index contributed by atoms with van der Waals surface area (Å²) in [5.41, 5.74) is 6.46. The molecule has 86 valence electrons. The fourth-order valence-electron chi connectivity index (χ4n) is 1.63. The minimum atomic E-state index is -0.441. The van der Waals surface area contributed by atoms with E-state index >= 15 is 0 Å². The Labute approximate surface area is 97.6 Å². The average molecular weight is 229 g/mol. The third kappa shape index (κ3) is 1.91. The first-order valence-corrected chi connectivity index (χ1v) is 5.48. The normalized spacial score (nSPS) is 14.8. The van der Waals surface area contributed by atoms with Gasteiger partial charge in [0, 0.05) is 17.0 Å². The largest absolute Gasteiger partial charge is 0.366 e. The number of carbonyl (C=O) groups is 1. The SMILES string of the molecule is NC(=O)c1ccc(-c2noc(C3CC3)n2)cc1. The second kappa shape index (κ2) is 3.69. The van der Waals surface area contributed by atoms with Gasteiger partial charge in [0.05, 0.1) is 0 Å². The van der Waals surface area contributed by atoms with Gasteiger partial charge in [-0.3, -0.25) is 4.79 Å². The summed E-state index contributed by atoms with van der Waals surface area (Å²) in [6.45, 7) is 0. The molecule has 1 heterocycles. The van der Waals surface area contributed by atoms with E-state index in [-0.39, 0.29) is 0 Å². The molecule has 0 unspecified atom stereocenters. The Kier molecular flexibility index (Phi) is 2.18. The molecule has 1 aliphatic rings. The van der Waals surface area contributed by atoms with Crippen molar-refractivity contribution in [3.05, 3.63) is 35.7 Å². The minimum absolute atomic E-state index is 0.441. The third-order valence-electron chi connectivity index (χ3n) is 2.80. The van der Waals surface area contributed by atoms with Gasteiger partial charge >= 0.3 is 0 Å². The van der Waals surface area contributed by atoms with Crippen molar-refractivity contribution in [2.75, 3.05) is 0 Å². The van der Waals surface area contributed by atoms with Gasteiger partial charge in [-0.05, 0) is 25.0 Å². The molecule has 0 saturated heterocycles. The Hall–Kier alpha value is -2.17. The summed E-state index contributed by atoms with van der Waals surface area (Å²) in [4.78, 5) is 15.2. The van der Waals surface area contributed by atoms with Crippen LogP contribution in [0.15, 0.2) is 28.8 Å². The molecular formula is C12H11N3O2. The zero-order valence-electron chi connectivity index (χ0n) is 9.09. The van der Waals surface area contributed by atoms with E-state index in [0.29, 0.717) is 23.2 Å². The molecule has 1 saturated carbocycles. The zero-order valence-corrected chi connectivity index (χ0v) is 9.09. The number of amides is 1. The molecule has 2 N–H and O–H groups in total. The number of primary amides is 1. The Balaban J connectivity index is 1.89. The summed E-state index contributed by atoms with van der Waals surface area (Å²) in [7, 11) is 0. The van der Waals surface area contributed by atoms with E-state index in [1.165, 1.54) is 0 Å². The smallest absolute Gasteiger partial charge is 0.248 e. The van der Waals surface area contributed by atoms with Crippen molar-refractivity contribution in [3.8, 4) is 11.4 Å². The van der Waals surface area contributed by atoms with Crippen molar-refractivity contribution >= 4 is 5.91 Å². The summed E-state index contributed by atoms with van der Waals surface area (Å²) in [6, 6.07) is 6.85. The second-order valence-corrected chi connectivity index (χ2v) is 4.17. The van der Waals surface area contributed by atoms with Crippen molar-refractivity contribution < 1.29 is 9.32 Å². The molecule has 1 aromatic carbocycles. The fraction of sp³-hybridized carbons (Fsp3) is 0.250. The van der Waals surface area contributed by atoms with E-state index in [2.05, 4.69) is 10.1 Å². The summed E-state index contributed by atoms with van der Waals surface area (Å²) in [5, 5.41) is 3.92. The molecule has 0 aliphatic heterocycles. The number of hydrogen-bond acceptors (Lipinski definition) is 4. The quantitative estimate of drug-likeness (QED) is 0.868. The van der Waals surface area contributed by atoms with Gasteiger partial charge < -0.3 is 10.3 Å². The molecule has 0 atom stereocenters. The molecule has 2 aromatic rings. The van der Waals surface area contributed by atoms with Gasteiger partial charge in [0.1, 0.15) is 0 Å². The maximum atomic E-state index is 10.9. The molecule has 0 radical (unpaired) electrons. The molecule has 5 nitrogen and oxygen atoms in total. The lowest BCUT2D eigenvalue weighted by atomic mass is 10.1. The Morgan fingerprint density at radius 2 is 2.00 bits per heavy atom. The van der Waals surface area contributed by atoms with Crippen LogP contribution < -0.4 is 5.73 Å². The third-order valence-corrected chi connectivity index (χ3v) is 2.80. The number of nitrogens with zero attached hydrogens (tertiary/aromatic N) is 2. The maximum absolute atomic E-state index is 10.9. The molecule has 0 spiro atoms. The first-order valence-electron chi connectivity index (χ1n) is 5.48. The monoisotopic (exact) mass is 229 g/mol. The van der Waals surface area contributed by atoms with Crippen LogP contribution in [0.4, 0.5) is 0 Å². The number of nitrogens with two attached hydrogens (primary N) is 1. The van der Waals surface area contributed by atoms with Crippen LogP contribution in [-0.4, -0.2) is 16.0 Å². The summed E-state index contributed by atoms with van der Waals surface area (Å²) in [6.07, 6.45) is 2.25. The van der Waals surface area contributed by atoms with Crippen molar-refractivity contribution in [3.63, 3.8) is 0 Å². The van der Waals surface area contributed by atoms with Crippen LogP contribution in [0.3, 0.4) is 0 Å². The molecule has 1 amide bonds. The summed E-state index contributed by atoms with van der Waals surface area (Å²) < 4.78 is 5.17. The number of rotatable bonds is 3. The Morgan fingerprint density at radius 3 is 2.59 bits per heavy atom. The molecular weight excluding hydrogens is 218 g/mol. The highest BCUT2D eigenvalue weighted by Gasteiger charge is 2.29. The Bertz CT molecular complexity index is 555. The first kappa shape index (κ1) is 10.0. The number of hydrogen-bond donors (Lipinski definition) is 1. The number of carbonyl (C=O) groups excluding carboxylic acids is 1. The number of aromatic nitrogens is 2. The van der Waals surface area contributed by atoms with Crippen molar-refractivity contribution in [2.45, 2.75) is 18.8 Å². The molecule has 1 fully saturated rings. The van der Waals surface area contributed by atoms with Gasteiger partial charge in [0.15, 0.2) is 0 Å². The maximum Gasteiger partial charge on any atom is 0.248 e. The minimum Gasteiger partial charge on any atom is -0.366 e. The zero-order chi connectivity index (χ0) is 11.8. The first-order chi connectivity index (χ1) is 8.24. The van der Waals surface area contributed by atoms with E-state index in [1.807, 2.05) is 0 Å². The molecule has 1 aromatic heterocycles. The van der Waals surface area contributed by atoms with Crippen LogP contribution in [0.2, 0.25) is 0 Å². The van der Waals surface area contributed by atoms with Gasteiger partial charge in [-0.1, -0.05) is 17.3 Å². The van der Waals surface area contributed by atoms with Crippen LogP contribution in [0, 0.1) is 0 Å². The van der Waals surface area contributed by atoms with Crippen LogP contribution in [0.1, 0.15) is 35.0 Å². The van der Waals surface area contributed by atoms with E-state index in [1.54, 1.807) is 24.3 Å². The van der Waals surface area contributed by atoms with Gasteiger partial charge in [-0.2, -0.15) is 4.98 Å². The second-order valence-electron chi connectivity index (χ2n) is 4.17. The van der Waals surface area contributed by atoms with E-state index < -0.39 is 5.91 Å². The summed E-state index contributed by atoms with van der Waals surface area (Å²) in [5.74, 6) is 1.27. The fourth-order valence-corrected chi connectivity index (χ4v) is 1.63. The van der Waals surface area contributed by atoms with Crippen molar-refractivity contribution in [1.82, 2.24) is 10.1 Å². The molecule has 0 bridgehead atoms. The van der Waals surface area contributed by atoms with Crippen LogP contribution >= 0.6 is 0 Å². The van der Waals surface area contributed by atoms with Crippen LogP contribution in [0.5, 0.6) is 0 Å². The highest BCUT2D eigenvalue weighted by Crippen LogP contribution is 2.39. The highest BCUT2D eigenvalue weighted by atomic mass is 16.5. The summed E-state index contributed by atoms with van der Waals surface area (Å²) >= 11 is 0. The standard InChI is InChI=1S/C12H11N3O2/c13-10(16)7-1-3-8(4-2-7)11-14-12(17-15-11)9-5-6-9/h1-4,9H,5-6H2,(H2,13,16). The van der Waals surface area contributed by atoms with Gasteiger partial charge in [0.2, 0.25) is 17.6 Å². The van der Waals surface area contributed by atoms with Gasteiger partial charge in [-0.15, -0.1) is 0 Å². The van der Waals surface area contributed by atoms with Crippen molar-refractivity contribution in [1.29, 1.82) is 0 Å². The van der Waals surface area contributed by atoms with E-state index in [9.17, 15) is 4.79 Å². The predicted octanol–water partition coefficient (Wildman–Crippen LogP) is 1.71. The Morgan fingerprint density at radius 1 is 1.29 bits per heavy atom. The average Bonchev–Trinajstić information content (AvgIpc) is 3.07. The lowest BCUT2D eigenvalue weighted by Gasteiger charge is -1.96. The van der Waals surface area contributed by atoms with Gasteiger partial charge in [-0.25, -0.2) is 0 Å². The highest BCUT2D eigenvalue weighted by molar-refractivity contribution is 5.93. The molecule has 17 heavy (non-hydrogen) atoms. The molecule has 5 heteroatoms.